The van der Waals surface area contributed by atoms with Crippen molar-refractivity contribution in [3.63, 3.8) is 0 Å². The fraction of sp³-hybridized carbons (Fsp3) is 0.316. The van der Waals surface area contributed by atoms with Gasteiger partial charge in [0.15, 0.2) is 6.29 Å². The van der Waals surface area contributed by atoms with Gasteiger partial charge in [0, 0.05) is 23.4 Å². The van der Waals surface area contributed by atoms with E-state index in [1.807, 2.05) is 36.4 Å². The lowest BCUT2D eigenvalue weighted by atomic mass is 10.0. The molecule has 1 saturated heterocycles. The highest BCUT2D eigenvalue weighted by Crippen LogP contribution is 2.34. The maximum atomic E-state index is 10.6. The maximum absolute atomic E-state index is 10.6. The van der Waals surface area contributed by atoms with E-state index in [2.05, 4.69) is 4.99 Å². The molecule has 124 valence electrons. The van der Waals surface area contributed by atoms with Gasteiger partial charge in [-0.25, -0.2) is 4.79 Å². The predicted molar refractivity (Wildman–Crippen MR) is 92.5 cm³/mol. The van der Waals surface area contributed by atoms with E-state index in [4.69, 9.17) is 15.2 Å². The van der Waals surface area contributed by atoms with Crippen LogP contribution in [-0.2, 0) is 20.9 Å². The van der Waals surface area contributed by atoms with E-state index in [-0.39, 0.29) is 6.29 Å². The Kier molecular flexibility index (Phi) is 5.39. The molecule has 0 aromatic heterocycles. The summed E-state index contributed by atoms with van der Waals surface area (Å²) in [5, 5.41) is 0. The Morgan fingerprint density at radius 2 is 2.08 bits per heavy atom. The number of rotatable bonds is 5. The first kappa shape index (κ1) is 16.4. The van der Waals surface area contributed by atoms with Crippen molar-refractivity contribution in [2.45, 2.75) is 32.2 Å². The second-order valence-electron chi connectivity index (χ2n) is 5.75. The first-order valence-electron chi connectivity index (χ1n) is 8.07. The Labute approximate surface area is 141 Å². The van der Waals surface area contributed by atoms with Gasteiger partial charge in [0.2, 0.25) is 6.08 Å². The second-order valence-corrected chi connectivity index (χ2v) is 5.75. The summed E-state index contributed by atoms with van der Waals surface area (Å²) in [6.07, 6.45) is 4.63. The van der Waals surface area contributed by atoms with E-state index in [1.165, 1.54) is 0 Å². The zero-order chi connectivity index (χ0) is 16.8. The summed E-state index contributed by atoms with van der Waals surface area (Å²) in [6, 6.07) is 13.1. The van der Waals surface area contributed by atoms with Gasteiger partial charge >= 0.3 is 0 Å². The molecule has 1 aliphatic heterocycles. The summed E-state index contributed by atoms with van der Waals surface area (Å²) in [6.45, 7) is 1.23. The number of ether oxygens (including phenoxy) is 2. The zero-order valence-corrected chi connectivity index (χ0v) is 13.4. The molecule has 0 spiro atoms. The van der Waals surface area contributed by atoms with Crippen LogP contribution >= 0.6 is 0 Å². The molecule has 1 atom stereocenters. The topological polar surface area (TPSA) is 73.9 Å². The van der Waals surface area contributed by atoms with Crippen molar-refractivity contribution in [2.75, 3.05) is 12.3 Å². The first-order chi connectivity index (χ1) is 11.8. The zero-order valence-electron chi connectivity index (χ0n) is 13.4. The number of carbonyl (C=O) groups excluding carboxylic acids is 1. The monoisotopic (exact) mass is 324 g/mol. The molecular weight excluding hydrogens is 304 g/mol. The van der Waals surface area contributed by atoms with Crippen molar-refractivity contribution in [2.24, 2.45) is 4.99 Å². The Balaban J connectivity index is 1.76. The molecule has 0 saturated carbocycles. The summed E-state index contributed by atoms with van der Waals surface area (Å²) in [7, 11) is 0. The highest BCUT2D eigenvalue weighted by molar-refractivity contribution is 5.84. The van der Waals surface area contributed by atoms with Gasteiger partial charge in [-0.2, -0.15) is 4.99 Å². The minimum atomic E-state index is -0.123. The van der Waals surface area contributed by atoms with Gasteiger partial charge in [-0.1, -0.05) is 30.3 Å². The van der Waals surface area contributed by atoms with Crippen LogP contribution in [0.2, 0.25) is 0 Å². The van der Waals surface area contributed by atoms with Crippen molar-refractivity contribution < 1.29 is 14.3 Å². The van der Waals surface area contributed by atoms with Gasteiger partial charge < -0.3 is 15.2 Å². The van der Waals surface area contributed by atoms with E-state index < -0.39 is 0 Å². The highest BCUT2D eigenvalue weighted by atomic mass is 16.7. The summed E-state index contributed by atoms with van der Waals surface area (Å²) in [4.78, 5) is 14.3. The molecule has 2 N–H and O–H groups in total. The molecule has 1 aliphatic rings. The molecule has 24 heavy (non-hydrogen) atoms. The summed E-state index contributed by atoms with van der Waals surface area (Å²) in [5.74, 6) is 0. The molecule has 0 radical (unpaired) electrons. The van der Waals surface area contributed by atoms with Crippen LogP contribution < -0.4 is 5.73 Å². The number of hydrogen-bond donors (Lipinski definition) is 1. The molecule has 1 unspecified atom stereocenters. The predicted octanol–water partition coefficient (Wildman–Crippen LogP) is 3.95. The van der Waals surface area contributed by atoms with Crippen LogP contribution in [0.4, 0.5) is 11.4 Å². The fourth-order valence-corrected chi connectivity index (χ4v) is 2.83. The SMILES string of the molecule is Nc1cc(COC2CCCCO2)ccc1-c1ccccc1N=C=O. The lowest BCUT2D eigenvalue weighted by Gasteiger charge is -2.22. The van der Waals surface area contributed by atoms with Crippen molar-refractivity contribution in [3.05, 3.63) is 48.0 Å². The van der Waals surface area contributed by atoms with Gasteiger partial charge in [-0.3, -0.25) is 0 Å². The minimum absolute atomic E-state index is 0.123. The van der Waals surface area contributed by atoms with Crippen molar-refractivity contribution in [3.8, 4) is 11.1 Å². The number of benzene rings is 2. The summed E-state index contributed by atoms with van der Waals surface area (Å²) in [5.41, 5.74) is 10.0. The van der Waals surface area contributed by atoms with Crippen molar-refractivity contribution in [1.29, 1.82) is 0 Å². The molecule has 1 fully saturated rings. The number of para-hydroxylation sites is 1. The Morgan fingerprint density at radius 1 is 1.21 bits per heavy atom. The summed E-state index contributed by atoms with van der Waals surface area (Å²) >= 11 is 0. The van der Waals surface area contributed by atoms with E-state index in [0.717, 1.165) is 42.6 Å². The molecule has 0 aliphatic carbocycles. The van der Waals surface area contributed by atoms with E-state index in [1.54, 1.807) is 12.1 Å². The van der Waals surface area contributed by atoms with Crippen LogP contribution in [0, 0.1) is 0 Å². The number of nitrogens with zero attached hydrogens (tertiary/aromatic N) is 1. The number of aliphatic imine (C=N–C) groups is 1. The molecule has 0 amide bonds. The van der Waals surface area contributed by atoms with E-state index >= 15 is 0 Å². The van der Waals surface area contributed by atoms with Crippen LogP contribution in [0.5, 0.6) is 0 Å². The summed E-state index contributed by atoms with van der Waals surface area (Å²) < 4.78 is 11.3. The number of nitrogens with two attached hydrogens (primary N) is 1. The molecule has 3 rings (SSSR count). The van der Waals surface area contributed by atoms with Gasteiger partial charge in [-0.15, -0.1) is 0 Å². The van der Waals surface area contributed by atoms with Gasteiger partial charge in [0.25, 0.3) is 0 Å². The fourth-order valence-electron chi connectivity index (χ4n) is 2.83. The van der Waals surface area contributed by atoms with Crippen LogP contribution in [0.1, 0.15) is 24.8 Å². The number of nitrogen functional groups attached to an aromatic ring is 1. The van der Waals surface area contributed by atoms with Crippen LogP contribution in [0.15, 0.2) is 47.5 Å². The number of anilines is 1. The van der Waals surface area contributed by atoms with E-state index in [0.29, 0.717) is 18.0 Å². The van der Waals surface area contributed by atoms with Gasteiger partial charge in [0.1, 0.15) is 0 Å². The Hall–Kier alpha value is -2.46. The third-order valence-electron chi connectivity index (χ3n) is 4.05. The lowest BCUT2D eigenvalue weighted by molar-refractivity contribution is -0.168. The average molecular weight is 324 g/mol. The Bertz CT molecular complexity index is 748. The minimum Gasteiger partial charge on any atom is -0.398 e. The standard InChI is InChI=1S/C19H20N2O3/c20-17-11-14(12-24-19-7-3-4-10-23-19)8-9-15(17)16-5-1-2-6-18(16)21-13-22/h1-2,5-6,8-9,11,19H,3-4,7,10,12,20H2. The number of isocyanates is 1. The molecule has 0 bridgehead atoms. The molecular formula is C19H20N2O3. The van der Waals surface area contributed by atoms with Crippen LogP contribution in [-0.4, -0.2) is 19.0 Å². The molecule has 5 nitrogen and oxygen atoms in total. The largest absolute Gasteiger partial charge is 0.398 e. The molecule has 5 heteroatoms. The highest BCUT2D eigenvalue weighted by Gasteiger charge is 2.14. The average Bonchev–Trinajstić information content (AvgIpc) is 2.62. The van der Waals surface area contributed by atoms with Crippen molar-refractivity contribution in [1.82, 2.24) is 0 Å². The molecule has 2 aromatic carbocycles. The second kappa shape index (κ2) is 7.88. The van der Waals surface area contributed by atoms with Gasteiger partial charge in [0.05, 0.1) is 12.3 Å². The van der Waals surface area contributed by atoms with Crippen LogP contribution in [0.25, 0.3) is 11.1 Å². The number of hydrogen-bond acceptors (Lipinski definition) is 5. The molecule has 2 aromatic rings. The maximum Gasteiger partial charge on any atom is 0.240 e. The first-order valence-corrected chi connectivity index (χ1v) is 8.07. The Morgan fingerprint density at radius 3 is 2.83 bits per heavy atom. The van der Waals surface area contributed by atoms with Crippen molar-refractivity contribution >= 4 is 17.5 Å². The van der Waals surface area contributed by atoms with E-state index in [9.17, 15) is 4.79 Å². The third kappa shape index (κ3) is 3.89. The third-order valence-corrected chi connectivity index (χ3v) is 4.05. The lowest BCUT2D eigenvalue weighted by Crippen LogP contribution is -2.22. The van der Waals surface area contributed by atoms with Crippen LogP contribution in [0.3, 0.4) is 0 Å². The smallest absolute Gasteiger partial charge is 0.240 e. The van der Waals surface area contributed by atoms with Gasteiger partial charge in [-0.05, 0) is 37.0 Å². The quantitative estimate of drug-likeness (QED) is 0.513. The molecule has 1 heterocycles. The normalized spacial score (nSPS) is 17.2.